The monoisotopic (exact) mass is 707 g/mol. The first kappa shape index (κ1) is 34.6. The largest absolute Gasteiger partial charge is 0.489 e. The summed E-state index contributed by atoms with van der Waals surface area (Å²) in [5.41, 5.74) is -0.430. The van der Waals surface area contributed by atoms with Crippen molar-refractivity contribution in [3.63, 3.8) is 0 Å². The molecule has 13 heteroatoms. The van der Waals surface area contributed by atoms with E-state index in [1.807, 2.05) is 37.4 Å². The Morgan fingerprint density at radius 3 is 2.74 bits per heavy atom. The molecule has 2 aliphatic carbocycles. The van der Waals surface area contributed by atoms with Crippen LogP contribution >= 0.6 is 0 Å². The predicted molar refractivity (Wildman–Crippen MR) is 189 cm³/mol. The molecule has 0 spiro atoms. The predicted octanol–water partition coefficient (Wildman–Crippen LogP) is 4.08. The fourth-order valence-electron chi connectivity index (χ4n) is 7.86. The van der Waals surface area contributed by atoms with Gasteiger partial charge in [-0.25, -0.2) is 13.4 Å². The summed E-state index contributed by atoms with van der Waals surface area (Å²) in [5.74, 6) is 0.0128. The molecule has 3 fully saturated rings. The quantitative estimate of drug-likeness (QED) is 0.424. The van der Waals surface area contributed by atoms with Crippen molar-refractivity contribution >= 4 is 44.2 Å². The number of likely N-dealkylation sites (N-methyl/N-ethyl adjacent to an activating group) is 1. The number of allylic oxidation sites excluding steroid dienone is 1. The molecule has 3 aliphatic heterocycles. The lowest BCUT2D eigenvalue weighted by Gasteiger charge is -2.29. The van der Waals surface area contributed by atoms with E-state index in [9.17, 15) is 22.8 Å². The van der Waals surface area contributed by atoms with Crippen LogP contribution in [-0.4, -0.2) is 85.2 Å². The zero-order chi connectivity index (χ0) is 35.4. The molecule has 270 valence electrons. The van der Waals surface area contributed by atoms with Gasteiger partial charge in [0.15, 0.2) is 5.75 Å². The lowest BCUT2D eigenvalue weighted by atomic mass is 9.88. The van der Waals surface area contributed by atoms with Gasteiger partial charge in [0.05, 0.1) is 23.5 Å². The number of hydrogen-bond donors (Lipinski definition) is 2. The van der Waals surface area contributed by atoms with Crippen LogP contribution in [-0.2, 0) is 24.4 Å². The van der Waals surface area contributed by atoms with E-state index in [0.29, 0.717) is 37.7 Å². The van der Waals surface area contributed by atoms with Gasteiger partial charge in [0.1, 0.15) is 24.3 Å². The molecule has 1 aromatic heterocycles. The van der Waals surface area contributed by atoms with Gasteiger partial charge in [0, 0.05) is 42.8 Å². The van der Waals surface area contributed by atoms with Crippen molar-refractivity contribution in [3.8, 4) is 11.6 Å². The van der Waals surface area contributed by atoms with E-state index in [-0.39, 0.29) is 37.1 Å². The topological polar surface area (TPSA) is 147 Å². The van der Waals surface area contributed by atoms with Gasteiger partial charge in [-0.2, -0.15) is 0 Å². The van der Waals surface area contributed by atoms with E-state index in [0.717, 1.165) is 54.4 Å². The lowest BCUT2D eigenvalue weighted by Crippen LogP contribution is -2.57. The molecule has 7 rings (SSSR count). The SMILES string of the molecule is CC[C@H]1CC(=O)N2C[C@H](Oc3nccc4c5c(ccc34)N(C)CCO5)C[C@H]2C(=O)N[C@]2(C(=O)NS(=O)(=O)C3(C)CC3)C[C@H]2/C=C\CC[C@H](C)C1. The Kier molecular flexibility index (Phi) is 9.01. The maximum Gasteiger partial charge on any atom is 0.259 e. The first-order valence-electron chi connectivity index (χ1n) is 18.1. The number of carbonyl (C=O) groups is 3. The highest BCUT2D eigenvalue weighted by atomic mass is 32.2. The fourth-order valence-corrected chi connectivity index (χ4v) is 9.17. The van der Waals surface area contributed by atoms with Crippen molar-refractivity contribution in [3.05, 3.63) is 36.5 Å². The van der Waals surface area contributed by atoms with Crippen LogP contribution in [0.25, 0.3) is 10.8 Å². The molecule has 5 aliphatic rings. The number of fused-ring (bicyclic) bond motifs is 5. The molecule has 2 saturated carbocycles. The molecule has 6 atom stereocenters. The second-order valence-electron chi connectivity index (χ2n) is 15.4. The Morgan fingerprint density at radius 1 is 1.18 bits per heavy atom. The van der Waals surface area contributed by atoms with Gasteiger partial charge >= 0.3 is 0 Å². The molecule has 12 nitrogen and oxygen atoms in total. The van der Waals surface area contributed by atoms with E-state index >= 15 is 0 Å². The summed E-state index contributed by atoms with van der Waals surface area (Å²) in [6.07, 6.45) is 10.3. The number of rotatable bonds is 6. The number of pyridine rings is 1. The van der Waals surface area contributed by atoms with Crippen LogP contribution in [0.1, 0.15) is 78.6 Å². The number of aromatic nitrogens is 1. The number of nitrogens with zero attached hydrogens (tertiary/aromatic N) is 3. The highest BCUT2D eigenvalue weighted by molar-refractivity contribution is 7.91. The normalized spacial score (nSPS) is 31.6. The minimum Gasteiger partial charge on any atom is -0.489 e. The summed E-state index contributed by atoms with van der Waals surface area (Å²) >= 11 is 0. The third-order valence-corrected chi connectivity index (χ3v) is 13.8. The molecule has 0 bridgehead atoms. The van der Waals surface area contributed by atoms with Gasteiger partial charge in [-0.15, -0.1) is 0 Å². The van der Waals surface area contributed by atoms with E-state index in [1.165, 1.54) is 0 Å². The standard InChI is InChI=1S/C37H49N5O7S/c1-5-24-18-23(2)8-6-7-9-25-21-37(25,35(45)40-50(46,47)36(3)13-14-36)39-33(44)30-20-26(22-42(30)31(43)19-24)49-34-28-10-11-29-32(27(28)12-15-38-34)48-17-16-41(29)4/h7,9-12,15,23-26,30H,5-6,8,13-14,16-22H2,1-4H3,(H,39,44)(H,40,45)/b9-7-/t23-,24+,25+,26+,30-,37+/m0/s1. The second kappa shape index (κ2) is 13.0. The number of benzene rings is 1. The number of sulfonamides is 1. The molecular weight excluding hydrogens is 659 g/mol. The third-order valence-electron chi connectivity index (χ3n) is 11.7. The Hall–Kier alpha value is -3.87. The highest BCUT2D eigenvalue weighted by Gasteiger charge is 2.63. The minimum absolute atomic E-state index is 0.130. The Labute approximate surface area is 294 Å². The average molecular weight is 708 g/mol. The van der Waals surface area contributed by atoms with Crippen molar-refractivity contribution in [2.45, 2.75) is 101 Å². The summed E-state index contributed by atoms with van der Waals surface area (Å²) in [6.45, 7) is 7.45. The van der Waals surface area contributed by atoms with Crippen molar-refractivity contribution in [2.24, 2.45) is 17.8 Å². The maximum atomic E-state index is 14.3. The number of amides is 3. The Balaban J connectivity index is 1.18. The molecule has 1 saturated heterocycles. The smallest absolute Gasteiger partial charge is 0.259 e. The summed E-state index contributed by atoms with van der Waals surface area (Å²) in [5, 5.41) is 4.60. The number of anilines is 1. The molecule has 0 radical (unpaired) electrons. The van der Waals surface area contributed by atoms with Crippen molar-refractivity contribution in [1.29, 1.82) is 0 Å². The minimum atomic E-state index is -3.92. The van der Waals surface area contributed by atoms with Gasteiger partial charge in [0.25, 0.3) is 5.91 Å². The van der Waals surface area contributed by atoms with Crippen molar-refractivity contribution < 1.29 is 32.3 Å². The van der Waals surface area contributed by atoms with E-state index in [4.69, 9.17) is 9.47 Å². The molecular formula is C37H49N5O7S. The van der Waals surface area contributed by atoms with Gasteiger partial charge < -0.3 is 24.6 Å². The van der Waals surface area contributed by atoms with Crippen LogP contribution in [0.5, 0.6) is 11.6 Å². The van der Waals surface area contributed by atoms with E-state index in [1.54, 1.807) is 18.0 Å². The lowest BCUT2D eigenvalue weighted by molar-refractivity contribution is -0.140. The van der Waals surface area contributed by atoms with E-state index < -0.39 is 44.3 Å². The summed E-state index contributed by atoms with van der Waals surface area (Å²) in [7, 11) is -1.90. The Morgan fingerprint density at radius 2 is 1.98 bits per heavy atom. The molecule has 3 amide bonds. The zero-order valence-electron chi connectivity index (χ0n) is 29.4. The number of carbonyl (C=O) groups excluding carboxylic acids is 3. The first-order chi connectivity index (χ1) is 23.8. The summed E-state index contributed by atoms with van der Waals surface area (Å²) in [4.78, 5) is 50.4. The van der Waals surface area contributed by atoms with Crippen LogP contribution in [0, 0.1) is 17.8 Å². The highest BCUT2D eigenvalue weighted by Crippen LogP contribution is 2.48. The average Bonchev–Trinajstić information content (AvgIpc) is 3.96. The van der Waals surface area contributed by atoms with Gasteiger partial charge in [-0.1, -0.05) is 32.4 Å². The molecule has 4 heterocycles. The van der Waals surface area contributed by atoms with Crippen LogP contribution < -0.4 is 24.4 Å². The van der Waals surface area contributed by atoms with E-state index in [2.05, 4.69) is 33.8 Å². The molecule has 2 aromatic rings. The number of nitrogens with one attached hydrogen (secondary N) is 2. The van der Waals surface area contributed by atoms with Gasteiger partial charge in [-0.3, -0.25) is 19.1 Å². The Bertz CT molecular complexity index is 1830. The first-order valence-corrected chi connectivity index (χ1v) is 19.6. The van der Waals surface area contributed by atoms with Crippen LogP contribution in [0.4, 0.5) is 5.69 Å². The summed E-state index contributed by atoms with van der Waals surface area (Å²) < 4.78 is 40.1. The molecule has 0 unspecified atom stereocenters. The molecule has 2 N–H and O–H groups in total. The second-order valence-corrected chi connectivity index (χ2v) is 17.6. The maximum absolute atomic E-state index is 14.3. The third kappa shape index (κ3) is 6.41. The summed E-state index contributed by atoms with van der Waals surface area (Å²) in [6, 6.07) is 4.94. The van der Waals surface area contributed by atoms with Crippen LogP contribution in [0.3, 0.4) is 0 Å². The van der Waals surface area contributed by atoms with Gasteiger partial charge in [0.2, 0.25) is 27.7 Å². The molecule has 50 heavy (non-hydrogen) atoms. The number of hydrogen-bond acceptors (Lipinski definition) is 9. The fraction of sp³-hybridized carbons (Fsp3) is 0.622. The van der Waals surface area contributed by atoms with Crippen LogP contribution in [0.2, 0.25) is 0 Å². The van der Waals surface area contributed by atoms with Crippen molar-refractivity contribution in [1.82, 2.24) is 19.9 Å². The molecule has 1 aromatic carbocycles. The van der Waals surface area contributed by atoms with Gasteiger partial charge in [-0.05, 0) is 75.5 Å². The van der Waals surface area contributed by atoms with Crippen LogP contribution in [0.15, 0.2) is 36.5 Å². The number of ether oxygens (including phenoxy) is 2. The van der Waals surface area contributed by atoms with Crippen molar-refractivity contribution in [2.75, 3.05) is 31.6 Å². The zero-order valence-corrected chi connectivity index (χ0v) is 30.3.